The molecule has 1 aromatic heterocycles. The Balaban J connectivity index is 1.95. The minimum atomic E-state index is 0.315. The highest BCUT2D eigenvalue weighted by Crippen LogP contribution is 2.23. The van der Waals surface area contributed by atoms with Crippen molar-refractivity contribution < 1.29 is 0 Å². The van der Waals surface area contributed by atoms with Crippen molar-refractivity contribution >= 4 is 35.4 Å². The first-order valence-corrected chi connectivity index (χ1v) is 7.28. The Morgan fingerprint density at radius 1 is 0.955 bits per heavy atom. The van der Waals surface area contributed by atoms with Crippen molar-refractivity contribution in [3.05, 3.63) is 70.3 Å². The van der Waals surface area contributed by atoms with Crippen LogP contribution < -0.4 is 5.73 Å². The van der Waals surface area contributed by atoms with Crippen molar-refractivity contribution in [2.45, 2.75) is 0 Å². The Labute approximate surface area is 137 Å². The van der Waals surface area contributed by atoms with E-state index in [-0.39, 0.29) is 0 Å². The molecule has 0 spiro atoms. The van der Waals surface area contributed by atoms with Gasteiger partial charge in [0.25, 0.3) is 0 Å². The van der Waals surface area contributed by atoms with Crippen LogP contribution >= 0.6 is 23.2 Å². The molecule has 0 aliphatic heterocycles. The van der Waals surface area contributed by atoms with Gasteiger partial charge in [-0.2, -0.15) is 9.78 Å². The van der Waals surface area contributed by atoms with Crippen LogP contribution in [0.2, 0.25) is 10.0 Å². The van der Waals surface area contributed by atoms with Gasteiger partial charge in [-0.05, 0) is 29.8 Å². The summed E-state index contributed by atoms with van der Waals surface area (Å²) in [7, 11) is 0. The minimum Gasteiger partial charge on any atom is -0.368 e. The second-order valence-electron chi connectivity index (χ2n) is 4.62. The van der Waals surface area contributed by atoms with E-state index in [0.717, 1.165) is 16.8 Å². The highest BCUT2D eigenvalue weighted by molar-refractivity contribution is 6.30. The summed E-state index contributed by atoms with van der Waals surface area (Å²) in [5.41, 5.74) is 8.53. The number of hydrogen-bond acceptors (Lipinski definition) is 3. The Kier molecular flexibility index (Phi) is 4.13. The van der Waals surface area contributed by atoms with Gasteiger partial charge < -0.3 is 5.73 Å². The molecule has 1 heterocycles. The molecule has 0 fully saturated rings. The first-order valence-electron chi connectivity index (χ1n) is 6.52. The Morgan fingerprint density at radius 2 is 1.55 bits per heavy atom. The largest absolute Gasteiger partial charge is 0.368 e. The molecule has 3 aromatic rings. The molecule has 0 atom stereocenters. The van der Waals surface area contributed by atoms with Crippen molar-refractivity contribution in [1.29, 1.82) is 0 Å². The molecule has 4 nitrogen and oxygen atoms in total. The van der Waals surface area contributed by atoms with E-state index in [9.17, 15) is 0 Å². The van der Waals surface area contributed by atoms with Crippen LogP contribution in [-0.2, 0) is 0 Å². The topological polar surface area (TPSA) is 56.2 Å². The highest BCUT2D eigenvalue weighted by Gasteiger charge is 2.08. The van der Waals surface area contributed by atoms with Crippen molar-refractivity contribution in [1.82, 2.24) is 9.66 Å². The average molecular weight is 331 g/mol. The summed E-state index contributed by atoms with van der Waals surface area (Å²) in [6, 6.07) is 14.8. The number of imidazole rings is 1. The van der Waals surface area contributed by atoms with Gasteiger partial charge in [-0.25, -0.2) is 4.98 Å². The van der Waals surface area contributed by atoms with Crippen LogP contribution in [-0.4, -0.2) is 15.9 Å². The molecule has 110 valence electrons. The standard InChI is InChI=1S/C16H12Cl2N4/c17-13-5-1-11(2-6-13)9-21-22-15(10-20-16(22)19)12-3-7-14(18)8-4-12/h1-10H,(H2,19,20). The van der Waals surface area contributed by atoms with E-state index in [4.69, 9.17) is 28.9 Å². The normalized spacial score (nSPS) is 11.2. The average Bonchev–Trinajstić information content (AvgIpc) is 2.89. The van der Waals surface area contributed by atoms with E-state index >= 15 is 0 Å². The zero-order chi connectivity index (χ0) is 15.5. The molecular formula is C16H12Cl2N4. The molecule has 0 aliphatic carbocycles. The predicted molar refractivity (Wildman–Crippen MR) is 91.5 cm³/mol. The van der Waals surface area contributed by atoms with Crippen LogP contribution in [0.3, 0.4) is 0 Å². The molecule has 3 rings (SSSR count). The Morgan fingerprint density at radius 3 is 2.18 bits per heavy atom. The summed E-state index contributed by atoms with van der Waals surface area (Å²) in [4.78, 5) is 4.11. The van der Waals surface area contributed by atoms with Crippen molar-refractivity contribution in [3.8, 4) is 11.3 Å². The van der Waals surface area contributed by atoms with Gasteiger partial charge in [0, 0.05) is 15.6 Å². The summed E-state index contributed by atoms with van der Waals surface area (Å²) in [5.74, 6) is 0.315. The van der Waals surface area contributed by atoms with Crippen LogP contribution in [0.25, 0.3) is 11.3 Å². The third-order valence-corrected chi connectivity index (χ3v) is 3.60. The van der Waals surface area contributed by atoms with Gasteiger partial charge >= 0.3 is 0 Å². The minimum absolute atomic E-state index is 0.315. The van der Waals surface area contributed by atoms with Gasteiger partial charge in [-0.3, -0.25) is 0 Å². The van der Waals surface area contributed by atoms with Crippen LogP contribution in [0.4, 0.5) is 5.95 Å². The maximum Gasteiger partial charge on any atom is 0.221 e. The zero-order valence-electron chi connectivity index (χ0n) is 11.4. The quantitative estimate of drug-likeness (QED) is 0.727. The summed E-state index contributed by atoms with van der Waals surface area (Å²) >= 11 is 11.8. The van der Waals surface area contributed by atoms with Gasteiger partial charge in [0.05, 0.1) is 18.1 Å². The molecule has 0 amide bonds. The fourth-order valence-electron chi connectivity index (χ4n) is 1.97. The molecule has 0 radical (unpaired) electrons. The molecule has 6 heteroatoms. The molecule has 0 saturated carbocycles. The second kappa shape index (κ2) is 6.22. The monoisotopic (exact) mass is 330 g/mol. The summed E-state index contributed by atoms with van der Waals surface area (Å²) in [6.07, 6.45) is 3.38. The number of benzene rings is 2. The number of halogens is 2. The van der Waals surface area contributed by atoms with E-state index in [2.05, 4.69) is 10.1 Å². The van der Waals surface area contributed by atoms with Gasteiger partial charge in [0.2, 0.25) is 5.95 Å². The van der Waals surface area contributed by atoms with E-state index < -0.39 is 0 Å². The van der Waals surface area contributed by atoms with Crippen LogP contribution in [0, 0.1) is 0 Å². The van der Waals surface area contributed by atoms with Crippen LogP contribution in [0.5, 0.6) is 0 Å². The lowest BCUT2D eigenvalue weighted by atomic mass is 10.2. The first-order chi connectivity index (χ1) is 10.6. The third kappa shape index (κ3) is 3.13. The molecule has 0 aliphatic rings. The summed E-state index contributed by atoms with van der Waals surface area (Å²) in [5, 5.41) is 5.75. The second-order valence-corrected chi connectivity index (χ2v) is 5.49. The third-order valence-electron chi connectivity index (χ3n) is 3.10. The first kappa shape index (κ1) is 14.6. The van der Waals surface area contributed by atoms with Gasteiger partial charge in [-0.1, -0.05) is 47.5 Å². The number of anilines is 1. The Hall–Kier alpha value is -2.30. The van der Waals surface area contributed by atoms with Crippen molar-refractivity contribution in [3.63, 3.8) is 0 Å². The molecule has 0 unspecified atom stereocenters. The molecular weight excluding hydrogens is 319 g/mol. The molecule has 0 saturated heterocycles. The molecule has 0 bridgehead atoms. The lowest BCUT2D eigenvalue weighted by molar-refractivity contribution is 0.906. The van der Waals surface area contributed by atoms with E-state index in [1.807, 2.05) is 36.4 Å². The maximum atomic E-state index is 5.91. The number of rotatable bonds is 3. The lowest BCUT2D eigenvalue weighted by Crippen LogP contribution is -2.00. The Bertz CT molecular complexity index is 805. The molecule has 2 N–H and O–H groups in total. The number of hydrogen-bond donors (Lipinski definition) is 1. The zero-order valence-corrected chi connectivity index (χ0v) is 13.0. The van der Waals surface area contributed by atoms with E-state index in [1.165, 1.54) is 0 Å². The lowest BCUT2D eigenvalue weighted by Gasteiger charge is -2.04. The predicted octanol–water partition coefficient (Wildman–Crippen LogP) is 4.32. The number of aromatic nitrogens is 2. The SMILES string of the molecule is Nc1ncc(-c2ccc(Cl)cc2)n1N=Cc1ccc(Cl)cc1. The van der Waals surface area contributed by atoms with Crippen LogP contribution in [0.1, 0.15) is 5.56 Å². The van der Waals surface area contributed by atoms with Crippen LogP contribution in [0.15, 0.2) is 59.8 Å². The van der Waals surface area contributed by atoms with E-state index in [0.29, 0.717) is 16.0 Å². The number of nitrogens with zero attached hydrogens (tertiary/aromatic N) is 3. The maximum absolute atomic E-state index is 5.91. The highest BCUT2D eigenvalue weighted by atomic mass is 35.5. The smallest absolute Gasteiger partial charge is 0.221 e. The van der Waals surface area contributed by atoms with Gasteiger partial charge in [0.15, 0.2) is 0 Å². The molecule has 2 aromatic carbocycles. The summed E-state index contributed by atoms with van der Waals surface area (Å²) in [6.45, 7) is 0. The number of nitrogens with two attached hydrogens (primary N) is 1. The van der Waals surface area contributed by atoms with Gasteiger partial charge in [0.1, 0.15) is 0 Å². The van der Waals surface area contributed by atoms with Gasteiger partial charge in [-0.15, -0.1) is 0 Å². The fraction of sp³-hybridized carbons (Fsp3) is 0. The van der Waals surface area contributed by atoms with Crippen molar-refractivity contribution in [2.75, 3.05) is 5.73 Å². The van der Waals surface area contributed by atoms with E-state index in [1.54, 1.807) is 29.2 Å². The number of nitrogen functional groups attached to an aromatic ring is 1. The summed E-state index contributed by atoms with van der Waals surface area (Å²) < 4.78 is 1.58. The molecule has 22 heavy (non-hydrogen) atoms. The van der Waals surface area contributed by atoms with Crippen molar-refractivity contribution in [2.24, 2.45) is 5.10 Å². The fourth-order valence-corrected chi connectivity index (χ4v) is 2.22.